The third-order valence-corrected chi connectivity index (χ3v) is 2.76. The molecule has 0 saturated carbocycles. The van der Waals surface area contributed by atoms with Crippen molar-refractivity contribution in [2.45, 2.75) is 0 Å². The van der Waals surface area contributed by atoms with Crippen LogP contribution >= 0.6 is 34.5 Å². The van der Waals surface area contributed by atoms with Crippen molar-refractivity contribution in [3.8, 4) is 5.06 Å². The second-order valence-electron chi connectivity index (χ2n) is 2.37. The van der Waals surface area contributed by atoms with E-state index < -0.39 is 0 Å². The van der Waals surface area contributed by atoms with Gasteiger partial charge in [0.2, 0.25) is 0 Å². The first-order chi connectivity index (χ1) is 6.70. The number of benzene rings is 1. The Balaban J connectivity index is 0.000000253. The molecule has 1 N–H and O–H groups in total. The maximum atomic E-state index is 8.49. The van der Waals surface area contributed by atoms with Crippen molar-refractivity contribution in [1.29, 1.82) is 0 Å². The molecular formula is C10H8Cl2NaOS. The van der Waals surface area contributed by atoms with E-state index in [1.54, 1.807) is 24.3 Å². The van der Waals surface area contributed by atoms with Gasteiger partial charge in [0, 0.05) is 29.6 Å². The van der Waals surface area contributed by atoms with Crippen LogP contribution < -0.4 is 0 Å². The summed E-state index contributed by atoms with van der Waals surface area (Å²) in [5, 5.41) is 11.9. The average molecular weight is 270 g/mol. The van der Waals surface area contributed by atoms with E-state index >= 15 is 0 Å². The zero-order valence-electron chi connectivity index (χ0n) is 8.15. The van der Waals surface area contributed by atoms with Crippen molar-refractivity contribution in [2.24, 2.45) is 0 Å². The molecule has 2 aromatic rings. The van der Waals surface area contributed by atoms with Gasteiger partial charge in [0.15, 0.2) is 5.06 Å². The molecule has 2 rings (SSSR count). The van der Waals surface area contributed by atoms with Crippen molar-refractivity contribution in [2.75, 3.05) is 0 Å². The van der Waals surface area contributed by atoms with Crippen LogP contribution in [0.15, 0.2) is 41.8 Å². The average Bonchev–Trinajstić information content (AvgIpc) is 2.63. The van der Waals surface area contributed by atoms with Crippen molar-refractivity contribution in [3.63, 3.8) is 0 Å². The van der Waals surface area contributed by atoms with E-state index in [1.165, 1.54) is 11.3 Å². The van der Waals surface area contributed by atoms with Crippen LogP contribution in [0.5, 0.6) is 5.06 Å². The van der Waals surface area contributed by atoms with Gasteiger partial charge in [-0.1, -0.05) is 35.3 Å². The summed E-state index contributed by atoms with van der Waals surface area (Å²) in [6.07, 6.45) is 0. The number of halogens is 2. The summed E-state index contributed by atoms with van der Waals surface area (Å²) >= 11 is 12.5. The van der Waals surface area contributed by atoms with Crippen LogP contribution in [0.4, 0.5) is 0 Å². The van der Waals surface area contributed by atoms with Gasteiger partial charge in [0.25, 0.3) is 0 Å². The van der Waals surface area contributed by atoms with Crippen molar-refractivity contribution >= 4 is 64.1 Å². The van der Waals surface area contributed by atoms with Crippen LogP contribution in [-0.2, 0) is 0 Å². The second-order valence-corrected chi connectivity index (χ2v) is 4.11. The zero-order chi connectivity index (χ0) is 10.4. The second kappa shape index (κ2) is 8.45. The SMILES string of the molecule is Clc1ccccc1Cl.Oc1cccs1.[Na]. The standard InChI is InChI=1S/C6H4Cl2.C4H4OS.Na/c7-5-3-1-2-4-6(5)8;5-4-2-1-3-6-4;/h1-4H;1-3,5H;. The zero-order valence-corrected chi connectivity index (χ0v) is 12.5. The molecule has 75 valence electrons. The Morgan fingerprint density at radius 3 is 1.67 bits per heavy atom. The topological polar surface area (TPSA) is 20.2 Å². The Hall–Kier alpha value is 0.300. The molecule has 5 heteroatoms. The fraction of sp³-hybridized carbons (Fsp3) is 0. The summed E-state index contributed by atoms with van der Waals surface area (Å²) in [7, 11) is 0. The fourth-order valence-electron chi connectivity index (χ4n) is 0.709. The van der Waals surface area contributed by atoms with E-state index in [9.17, 15) is 0 Å². The van der Waals surface area contributed by atoms with Gasteiger partial charge in [-0.3, -0.25) is 0 Å². The Bertz CT molecular complexity index is 358. The van der Waals surface area contributed by atoms with Gasteiger partial charge in [-0.05, 0) is 29.6 Å². The van der Waals surface area contributed by atoms with Gasteiger partial charge >= 0.3 is 0 Å². The van der Waals surface area contributed by atoms with Crippen molar-refractivity contribution < 1.29 is 5.11 Å². The maximum Gasteiger partial charge on any atom is 0.171 e. The summed E-state index contributed by atoms with van der Waals surface area (Å²) in [6.45, 7) is 0. The van der Waals surface area contributed by atoms with E-state index in [4.69, 9.17) is 28.3 Å². The molecule has 0 unspecified atom stereocenters. The molecule has 0 aliphatic carbocycles. The van der Waals surface area contributed by atoms with Crippen molar-refractivity contribution in [3.05, 3.63) is 51.8 Å². The molecule has 0 spiro atoms. The molecule has 1 heterocycles. The minimum atomic E-state index is 0. The first kappa shape index (κ1) is 15.3. The molecule has 0 saturated heterocycles. The Morgan fingerprint density at radius 2 is 1.47 bits per heavy atom. The molecule has 0 aliphatic heterocycles. The number of thiophene rings is 1. The van der Waals surface area contributed by atoms with E-state index in [0.717, 1.165) is 0 Å². The summed E-state index contributed by atoms with van der Waals surface area (Å²) in [4.78, 5) is 0. The number of hydrogen-bond donors (Lipinski definition) is 1. The first-order valence-electron chi connectivity index (χ1n) is 3.82. The molecular weight excluding hydrogens is 262 g/mol. The fourth-order valence-corrected chi connectivity index (χ4v) is 1.43. The minimum absolute atomic E-state index is 0. The van der Waals surface area contributed by atoms with E-state index in [0.29, 0.717) is 15.1 Å². The van der Waals surface area contributed by atoms with E-state index in [1.807, 2.05) is 17.5 Å². The molecule has 0 atom stereocenters. The molecule has 0 amide bonds. The summed E-state index contributed by atoms with van der Waals surface area (Å²) in [6, 6.07) is 10.7. The van der Waals surface area contributed by atoms with Crippen LogP contribution in [0, 0.1) is 0 Å². The Kier molecular flexibility index (Phi) is 8.62. The van der Waals surface area contributed by atoms with Crippen LogP contribution in [0.2, 0.25) is 10.0 Å². The predicted octanol–water partition coefficient (Wildman–Crippen LogP) is 4.07. The van der Waals surface area contributed by atoms with E-state index in [2.05, 4.69) is 0 Å². The number of hydrogen-bond acceptors (Lipinski definition) is 2. The molecule has 0 fully saturated rings. The van der Waals surface area contributed by atoms with Gasteiger partial charge in [0.05, 0.1) is 10.0 Å². The number of rotatable bonds is 0. The van der Waals surface area contributed by atoms with Gasteiger partial charge in [-0.25, -0.2) is 0 Å². The minimum Gasteiger partial charge on any atom is -0.499 e. The Morgan fingerprint density at radius 1 is 0.933 bits per heavy atom. The number of aromatic hydroxyl groups is 1. The monoisotopic (exact) mass is 269 g/mol. The van der Waals surface area contributed by atoms with Crippen LogP contribution in [0.1, 0.15) is 0 Å². The normalized spacial score (nSPS) is 8.40. The van der Waals surface area contributed by atoms with Crippen LogP contribution in [-0.4, -0.2) is 34.7 Å². The van der Waals surface area contributed by atoms with Crippen molar-refractivity contribution in [1.82, 2.24) is 0 Å². The molecule has 1 radical (unpaired) electrons. The molecule has 0 aliphatic rings. The molecule has 0 bridgehead atoms. The molecule has 1 aromatic heterocycles. The van der Waals surface area contributed by atoms with Gasteiger partial charge < -0.3 is 5.11 Å². The summed E-state index contributed by atoms with van der Waals surface area (Å²) in [5.74, 6) is 0. The largest absolute Gasteiger partial charge is 0.499 e. The Labute approximate surface area is 125 Å². The van der Waals surface area contributed by atoms with Gasteiger partial charge in [0.1, 0.15) is 0 Å². The first-order valence-corrected chi connectivity index (χ1v) is 5.46. The smallest absolute Gasteiger partial charge is 0.171 e. The van der Waals surface area contributed by atoms with Gasteiger partial charge in [-0.2, -0.15) is 0 Å². The quantitative estimate of drug-likeness (QED) is 0.715. The van der Waals surface area contributed by atoms with Gasteiger partial charge in [-0.15, -0.1) is 11.3 Å². The summed E-state index contributed by atoms with van der Waals surface area (Å²) < 4.78 is 0. The maximum absolute atomic E-state index is 8.49. The molecule has 15 heavy (non-hydrogen) atoms. The third kappa shape index (κ3) is 6.46. The van der Waals surface area contributed by atoms with E-state index in [-0.39, 0.29) is 29.6 Å². The summed E-state index contributed by atoms with van der Waals surface area (Å²) in [5.41, 5.74) is 0. The molecule has 1 nitrogen and oxygen atoms in total. The third-order valence-electron chi connectivity index (χ3n) is 1.33. The predicted molar refractivity (Wildman–Crippen MR) is 68.2 cm³/mol. The molecule has 1 aromatic carbocycles. The van der Waals surface area contributed by atoms with Crippen LogP contribution in [0.3, 0.4) is 0 Å². The van der Waals surface area contributed by atoms with Crippen LogP contribution in [0.25, 0.3) is 0 Å².